The molecule has 0 bridgehead atoms. The van der Waals surface area contributed by atoms with Crippen LogP contribution < -0.4 is 19.5 Å². The zero-order valence-electron chi connectivity index (χ0n) is 20.0. The van der Waals surface area contributed by atoms with Crippen molar-refractivity contribution in [2.75, 3.05) is 26.6 Å². The first-order valence-corrected chi connectivity index (χ1v) is 11.1. The molecule has 6 nitrogen and oxygen atoms in total. The Kier molecular flexibility index (Phi) is 6.68. The number of nitrogens with one attached hydrogen (secondary N) is 1. The predicted molar refractivity (Wildman–Crippen MR) is 135 cm³/mol. The summed E-state index contributed by atoms with van der Waals surface area (Å²) in [5.41, 5.74) is 4.51. The van der Waals surface area contributed by atoms with E-state index in [0.29, 0.717) is 28.5 Å². The average Bonchev–Trinajstić information content (AvgIpc) is 2.87. The van der Waals surface area contributed by atoms with Gasteiger partial charge in [0.15, 0.2) is 11.5 Å². The van der Waals surface area contributed by atoms with Crippen molar-refractivity contribution in [2.45, 2.75) is 19.8 Å². The van der Waals surface area contributed by atoms with E-state index in [2.05, 4.69) is 19.2 Å². The van der Waals surface area contributed by atoms with Gasteiger partial charge in [-0.1, -0.05) is 50.2 Å². The molecule has 1 amide bonds. The maximum absolute atomic E-state index is 13.5. The predicted octanol–water partition coefficient (Wildman–Crippen LogP) is 6.30. The third-order valence-corrected chi connectivity index (χ3v) is 5.75. The molecule has 0 spiro atoms. The van der Waals surface area contributed by atoms with Crippen LogP contribution in [0.1, 0.15) is 35.7 Å². The van der Waals surface area contributed by atoms with E-state index in [4.69, 9.17) is 19.2 Å². The lowest BCUT2D eigenvalue weighted by atomic mass is 10.00. The number of benzene rings is 3. The molecule has 34 heavy (non-hydrogen) atoms. The normalized spacial score (nSPS) is 10.9. The molecule has 0 aliphatic heterocycles. The maximum Gasteiger partial charge on any atom is 0.256 e. The summed E-state index contributed by atoms with van der Waals surface area (Å²) in [7, 11) is 4.70. The molecule has 6 heteroatoms. The van der Waals surface area contributed by atoms with Crippen LogP contribution in [0.4, 0.5) is 5.69 Å². The number of carbonyl (C=O) groups is 1. The van der Waals surface area contributed by atoms with Crippen molar-refractivity contribution in [3.63, 3.8) is 0 Å². The number of para-hydroxylation sites is 2. The molecular weight excluding hydrogens is 428 g/mol. The number of anilines is 1. The highest BCUT2D eigenvalue weighted by Crippen LogP contribution is 2.41. The van der Waals surface area contributed by atoms with Gasteiger partial charge in [-0.25, -0.2) is 4.98 Å². The Morgan fingerprint density at radius 1 is 0.853 bits per heavy atom. The summed E-state index contributed by atoms with van der Waals surface area (Å²) in [6, 6.07) is 20.9. The van der Waals surface area contributed by atoms with Crippen molar-refractivity contribution in [1.29, 1.82) is 0 Å². The summed E-state index contributed by atoms with van der Waals surface area (Å²) < 4.78 is 16.5. The summed E-state index contributed by atoms with van der Waals surface area (Å²) in [4.78, 5) is 18.3. The van der Waals surface area contributed by atoms with E-state index >= 15 is 0 Å². The number of hydrogen-bond donors (Lipinski definition) is 1. The number of rotatable bonds is 7. The molecule has 1 aromatic heterocycles. The molecule has 0 radical (unpaired) electrons. The molecule has 0 saturated carbocycles. The Balaban J connectivity index is 1.85. The van der Waals surface area contributed by atoms with Crippen LogP contribution in [0.5, 0.6) is 17.2 Å². The molecule has 1 N–H and O–H groups in total. The molecule has 3 aromatic carbocycles. The summed E-state index contributed by atoms with van der Waals surface area (Å²) >= 11 is 0. The minimum Gasteiger partial charge on any atom is -0.493 e. The van der Waals surface area contributed by atoms with Crippen LogP contribution in [0.2, 0.25) is 0 Å². The number of carbonyl (C=O) groups excluding carboxylic acids is 1. The Morgan fingerprint density at radius 3 is 2.15 bits per heavy atom. The number of fused-ring (bicyclic) bond motifs is 1. The van der Waals surface area contributed by atoms with E-state index in [1.54, 1.807) is 27.4 Å². The fourth-order valence-electron chi connectivity index (χ4n) is 4.04. The highest BCUT2D eigenvalue weighted by atomic mass is 16.5. The second-order valence-corrected chi connectivity index (χ2v) is 8.18. The smallest absolute Gasteiger partial charge is 0.256 e. The topological polar surface area (TPSA) is 69.7 Å². The molecule has 0 aliphatic rings. The number of ether oxygens (including phenoxy) is 3. The molecule has 0 atom stereocenters. The van der Waals surface area contributed by atoms with E-state index < -0.39 is 0 Å². The second kappa shape index (κ2) is 9.83. The van der Waals surface area contributed by atoms with Gasteiger partial charge >= 0.3 is 0 Å². The van der Waals surface area contributed by atoms with E-state index in [1.807, 2.05) is 60.7 Å². The van der Waals surface area contributed by atoms with Crippen LogP contribution in [0, 0.1) is 0 Å². The fourth-order valence-corrected chi connectivity index (χ4v) is 4.04. The highest BCUT2D eigenvalue weighted by Gasteiger charge is 2.19. The van der Waals surface area contributed by atoms with Crippen molar-refractivity contribution in [1.82, 2.24) is 4.98 Å². The maximum atomic E-state index is 13.5. The van der Waals surface area contributed by atoms with Crippen molar-refractivity contribution < 1.29 is 19.0 Å². The van der Waals surface area contributed by atoms with Crippen molar-refractivity contribution >= 4 is 22.5 Å². The molecular formula is C28H28N2O4. The third-order valence-electron chi connectivity index (χ3n) is 5.75. The van der Waals surface area contributed by atoms with Crippen LogP contribution in [0.25, 0.3) is 22.2 Å². The van der Waals surface area contributed by atoms with Gasteiger partial charge < -0.3 is 19.5 Å². The molecule has 4 aromatic rings. The Morgan fingerprint density at radius 2 is 1.50 bits per heavy atom. The average molecular weight is 457 g/mol. The number of methoxy groups -OCH3 is 3. The van der Waals surface area contributed by atoms with Gasteiger partial charge in [0.2, 0.25) is 5.75 Å². The summed E-state index contributed by atoms with van der Waals surface area (Å²) in [5.74, 6) is 1.62. The molecule has 0 fully saturated rings. The number of amides is 1. The number of aromatic nitrogens is 1. The van der Waals surface area contributed by atoms with Gasteiger partial charge in [0, 0.05) is 16.6 Å². The van der Waals surface area contributed by atoms with Gasteiger partial charge in [0.25, 0.3) is 5.91 Å². The molecule has 0 saturated heterocycles. The zero-order chi connectivity index (χ0) is 24.2. The number of hydrogen-bond acceptors (Lipinski definition) is 5. The van der Waals surface area contributed by atoms with E-state index in [1.165, 1.54) is 0 Å². The zero-order valence-corrected chi connectivity index (χ0v) is 20.0. The second-order valence-electron chi connectivity index (χ2n) is 8.18. The SMILES string of the molecule is COc1cc(-c2cc(C(=O)Nc3ccccc3C(C)C)c3ccccc3n2)cc(OC)c1OC. The van der Waals surface area contributed by atoms with Gasteiger partial charge in [-0.05, 0) is 41.8 Å². The van der Waals surface area contributed by atoms with Gasteiger partial charge in [-0.3, -0.25) is 4.79 Å². The van der Waals surface area contributed by atoms with Gasteiger partial charge in [-0.15, -0.1) is 0 Å². The molecule has 0 unspecified atom stereocenters. The van der Waals surface area contributed by atoms with Crippen molar-refractivity contribution in [3.05, 3.63) is 77.9 Å². The quantitative estimate of drug-likeness (QED) is 0.353. The molecule has 4 rings (SSSR count). The summed E-state index contributed by atoms with van der Waals surface area (Å²) in [6.45, 7) is 4.21. The summed E-state index contributed by atoms with van der Waals surface area (Å²) in [6.07, 6.45) is 0. The van der Waals surface area contributed by atoms with E-state index in [-0.39, 0.29) is 11.8 Å². The lowest BCUT2D eigenvalue weighted by molar-refractivity contribution is 0.102. The monoisotopic (exact) mass is 456 g/mol. The van der Waals surface area contributed by atoms with Crippen LogP contribution in [0.15, 0.2) is 66.7 Å². The molecule has 0 aliphatic carbocycles. The summed E-state index contributed by atoms with van der Waals surface area (Å²) in [5, 5.41) is 3.88. The first kappa shape index (κ1) is 23.1. The third kappa shape index (κ3) is 4.39. The highest BCUT2D eigenvalue weighted by molar-refractivity contribution is 6.13. The first-order chi connectivity index (χ1) is 16.5. The van der Waals surface area contributed by atoms with Gasteiger partial charge in [0.05, 0.1) is 38.1 Å². The minimum absolute atomic E-state index is 0.194. The van der Waals surface area contributed by atoms with Gasteiger partial charge in [0.1, 0.15) is 0 Å². The van der Waals surface area contributed by atoms with Crippen LogP contribution in [-0.4, -0.2) is 32.2 Å². The van der Waals surface area contributed by atoms with Crippen molar-refractivity contribution in [2.24, 2.45) is 0 Å². The Hall–Kier alpha value is -4.06. The largest absolute Gasteiger partial charge is 0.493 e. The lowest BCUT2D eigenvalue weighted by Crippen LogP contribution is -2.14. The number of pyridine rings is 1. The fraction of sp³-hybridized carbons (Fsp3) is 0.214. The standard InChI is InChI=1S/C28H28N2O4/c1-17(2)19-10-6-8-12-22(19)30-28(31)21-16-24(29-23-13-9-7-11-20(21)23)18-14-25(32-3)27(34-5)26(15-18)33-4/h6-17H,1-5H3,(H,30,31). The van der Waals surface area contributed by atoms with Crippen molar-refractivity contribution in [3.8, 4) is 28.5 Å². The van der Waals surface area contributed by atoms with Crippen LogP contribution in [-0.2, 0) is 0 Å². The Labute approximate surface area is 199 Å². The number of nitrogens with zero attached hydrogens (tertiary/aromatic N) is 1. The Bertz CT molecular complexity index is 1320. The minimum atomic E-state index is -0.194. The van der Waals surface area contributed by atoms with Gasteiger partial charge in [-0.2, -0.15) is 0 Å². The first-order valence-electron chi connectivity index (χ1n) is 11.1. The van der Waals surface area contributed by atoms with Crippen LogP contribution >= 0.6 is 0 Å². The van der Waals surface area contributed by atoms with E-state index in [9.17, 15) is 4.79 Å². The molecule has 1 heterocycles. The molecule has 174 valence electrons. The van der Waals surface area contributed by atoms with Crippen LogP contribution in [0.3, 0.4) is 0 Å². The lowest BCUT2D eigenvalue weighted by Gasteiger charge is -2.16. The van der Waals surface area contributed by atoms with E-state index in [0.717, 1.165) is 27.7 Å².